The molecule has 2 atom stereocenters. The first kappa shape index (κ1) is 32.4. The third-order valence-corrected chi connectivity index (χ3v) is 17.5. The number of aliphatic hydroxyl groups excluding tert-OH is 1. The molecule has 0 saturated carbocycles. The van der Waals surface area contributed by atoms with Crippen LogP contribution in [0.5, 0.6) is 0 Å². The van der Waals surface area contributed by atoms with E-state index in [9.17, 15) is 5.11 Å². The molecular formula is C33H52O3Si2. The van der Waals surface area contributed by atoms with Crippen LogP contribution in [0.15, 0.2) is 85.0 Å². The zero-order chi connectivity index (χ0) is 28.5. The van der Waals surface area contributed by atoms with Gasteiger partial charge in [-0.2, -0.15) is 0 Å². The highest BCUT2D eigenvalue weighted by molar-refractivity contribution is 6.99. The fraction of sp³-hybridized carbons (Fsp3) is 0.515. The van der Waals surface area contributed by atoms with Crippen LogP contribution in [0.4, 0.5) is 0 Å². The molecule has 0 aliphatic rings. The molecule has 5 heteroatoms. The predicted molar refractivity (Wildman–Crippen MR) is 169 cm³/mol. The SMILES string of the molecule is C[C@H](CCO)[C@H](/C=C\C=C\CCO[Si](c1ccccc1)(c1ccccc1)C(C)(C)C)O[Si](C)(C)C(C)(C)C. The highest BCUT2D eigenvalue weighted by atomic mass is 28.4. The predicted octanol–water partition coefficient (Wildman–Crippen LogP) is 7.47. The van der Waals surface area contributed by atoms with Crippen molar-refractivity contribution in [3.05, 3.63) is 85.0 Å². The maximum Gasteiger partial charge on any atom is 0.261 e. The molecule has 0 aromatic heterocycles. The fourth-order valence-corrected chi connectivity index (χ4v) is 10.5. The minimum Gasteiger partial charge on any atom is -0.410 e. The average Bonchev–Trinajstić information content (AvgIpc) is 2.84. The maximum atomic E-state index is 9.51. The lowest BCUT2D eigenvalue weighted by Crippen LogP contribution is -2.66. The normalized spacial score (nSPS) is 15.3. The van der Waals surface area contributed by atoms with Gasteiger partial charge in [-0.25, -0.2) is 0 Å². The molecule has 0 heterocycles. The van der Waals surface area contributed by atoms with Crippen LogP contribution in [-0.2, 0) is 8.85 Å². The van der Waals surface area contributed by atoms with E-state index in [4.69, 9.17) is 8.85 Å². The Morgan fingerprint density at radius 1 is 0.816 bits per heavy atom. The van der Waals surface area contributed by atoms with Gasteiger partial charge in [-0.1, -0.05) is 133 Å². The van der Waals surface area contributed by atoms with Crippen molar-refractivity contribution in [1.29, 1.82) is 0 Å². The summed E-state index contributed by atoms with van der Waals surface area (Å²) in [5.41, 5.74) is 0. The first-order chi connectivity index (χ1) is 17.8. The molecule has 38 heavy (non-hydrogen) atoms. The summed E-state index contributed by atoms with van der Waals surface area (Å²) in [6, 6.07) is 21.6. The van der Waals surface area contributed by atoms with E-state index in [1.165, 1.54) is 10.4 Å². The van der Waals surface area contributed by atoms with E-state index < -0.39 is 16.6 Å². The number of aliphatic hydroxyl groups is 1. The molecule has 0 aliphatic carbocycles. The van der Waals surface area contributed by atoms with Gasteiger partial charge >= 0.3 is 0 Å². The summed E-state index contributed by atoms with van der Waals surface area (Å²) in [7, 11) is -4.41. The van der Waals surface area contributed by atoms with Crippen LogP contribution in [-0.4, -0.2) is 41.1 Å². The van der Waals surface area contributed by atoms with Crippen molar-refractivity contribution in [2.45, 2.75) is 90.6 Å². The van der Waals surface area contributed by atoms with Crippen molar-refractivity contribution in [3.8, 4) is 0 Å². The Hall–Kier alpha value is -1.77. The third-order valence-electron chi connectivity index (χ3n) is 7.95. The molecule has 2 aromatic rings. The summed E-state index contributed by atoms with van der Waals surface area (Å²) < 4.78 is 13.7. The summed E-state index contributed by atoms with van der Waals surface area (Å²) in [6.45, 7) is 21.3. The molecular weight excluding hydrogens is 501 g/mol. The zero-order valence-corrected chi connectivity index (χ0v) is 27.3. The minimum atomic E-state index is -2.50. The molecule has 0 aliphatic heterocycles. The Morgan fingerprint density at radius 2 is 1.34 bits per heavy atom. The lowest BCUT2D eigenvalue weighted by molar-refractivity contribution is 0.143. The molecule has 2 aromatic carbocycles. The summed E-state index contributed by atoms with van der Waals surface area (Å²) in [5, 5.41) is 12.3. The average molecular weight is 553 g/mol. The summed E-state index contributed by atoms with van der Waals surface area (Å²) in [6.07, 6.45) is 10.2. The molecule has 0 amide bonds. The van der Waals surface area contributed by atoms with E-state index in [1.54, 1.807) is 0 Å². The maximum absolute atomic E-state index is 9.51. The topological polar surface area (TPSA) is 38.7 Å². The molecule has 2 rings (SSSR count). The Morgan fingerprint density at radius 3 is 1.79 bits per heavy atom. The Labute approximate surface area is 235 Å². The van der Waals surface area contributed by atoms with Crippen molar-refractivity contribution < 1.29 is 14.0 Å². The standard InChI is InChI=1S/C33H52O3Si2/c1-28(25-26-34)31(36-37(8,9)32(2,3)4)24-18-10-11-19-27-35-38(33(5,6)7,29-20-14-12-15-21-29)30-22-16-13-17-23-30/h10-18,20-24,28,31,34H,19,25-27H2,1-9H3/b11-10+,24-18-/t28-,31+/m1/s1. The van der Waals surface area contributed by atoms with Crippen LogP contribution >= 0.6 is 0 Å². The minimum absolute atomic E-state index is 0.000973. The summed E-state index contributed by atoms with van der Waals surface area (Å²) >= 11 is 0. The van der Waals surface area contributed by atoms with Crippen LogP contribution in [0, 0.1) is 5.92 Å². The lowest BCUT2D eigenvalue weighted by atomic mass is 10.0. The Bertz CT molecular complexity index is 963. The van der Waals surface area contributed by atoms with E-state index in [0.29, 0.717) is 6.61 Å². The van der Waals surface area contributed by atoms with Gasteiger partial charge in [0.05, 0.1) is 6.10 Å². The molecule has 0 spiro atoms. The first-order valence-corrected chi connectivity index (χ1v) is 18.9. The van der Waals surface area contributed by atoms with E-state index >= 15 is 0 Å². The van der Waals surface area contributed by atoms with Gasteiger partial charge in [-0.05, 0) is 52.3 Å². The van der Waals surface area contributed by atoms with Crippen molar-refractivity contribution >= 4 is 27.0 Å². The van der Waals surface area contributed by atoms with Gasteiger partial charge in [-0.15, -0.1) is 0 Å². The van der Waals surface area contributed by atoms with E-state index in [0.717, 1.165) is 12.8 Å². The van der Waals surface area contributed by atoms with Crippen LogP contribution in [0.3, 0.4) is 0 Å². The van der Waals surface area contributed by atoms with Crippen LogP contribution < -0.4 is 10.4 Å². The number of allylic oxidation sites excluding steroid dienone is 2. The lowest BCUT2D eigenvalue weighted by Gasteiger charge is -2.43. The Kier molecular flexibility index (Phi) is 12.0. The van der Waals surface area contributed by atoms with E-state index in [1.807, 2.05) is 0 Å². The fourth-order valence-electron chi connectivity index (χ4n) is 4.62. The van der Waals surface area contributed by atoms with Gasteiger partial charge in [0.2, 0.25) is 0 Å². The van der Waals surface area contributed by atoms with Crippen molar-refractivity contribution in [2.24, 2.45) is 5.92 Å². The largest absolute Gasteiger partial charge is 0.410 e. The molecule has 0 saturated heterocycles. The van der Waals surface area contributed by atoms with Crippen LogP contribution in [0.25, 0.3) is 0 Å². The van der Waals surface area contributed by atoms with Gasteiger partial charge in [0, 0.05) is 13.2 Å². The first-order valence-electron chi connectivity index (χ1n) is 14.1. The third kappa shape index (κ3) is 8.36. The van der Waals surface area contributed by atoms with E-state index in [2.05, 4.69) is 147 Å². The number of hydrogen-bond donors (Lipinski definition) is 1. The zero-order valence-electron chi connectivity index (χ0n) is 25.3. The summed E-state index contributed by atoms with van der Waals surface area (Å²) in [5.74, 6) is 0.261. The van der Waals surface area contributed by atoms with Gasteiger partial charge in [0.15, 0.2) is 8.32 Å². The molecule has 0 unspecified atom stereocenters. The highest BCUT2D eigenvalue weighted by Crippen LogP contribution is 2.39. The van der Waals surface area contributed by atoms with Gasteiger partial charge in [0.25, 0.3) is 8.32 Å². The molecule has 0 fully saturated rings. The molecule has 1 N–H and O–H groups in total. The molecule has 0 radical (unpaired) electrons. The van der Waals surface area contributed by atoms with Crippen molar-refractivity contribution in [3.63, 3.8) is 0 Å². The van der Waals surface area contributed by atoms with Crippen molar-refractivity contribution in [2.75, 3.05) is 13.2 Å². The van der Waals surface area contributed by atoms with Gasteiger partial charge in [-0.3, -0.25) is 0 Å². The van der Waals surface area contributed by atoms with Crippen LogP contribution in [0.1, 0.15) is 61.3 Å². The van der Waals surface area contributed by atoms with Gasteiger partial charge < -0.3 is 14.0 Å². The second-order valence-electron chi connectivity index (χ2n) is 12.9. The van der Waals surface area contributed by atoms with Crippen molar-refractivity contribution in [1.82, 2.24) is 0 Å². The second-order valence-corrected chi connectivity index (χ2v) is 22.0. The van der Waals surface area contributed by atoms with E-state index in [-0.39, 0.29) is 28.7 Å². The molecule has 3 nitrogen and oxygen atoms in total. The number of benzene rings is 2. The Balaban J connectivity index is 2.16. The number of rotatable bonds is 13. The molecule has 0 bridgehead atoms. The second kappa shape index (κ2) is 14.0. The molecule has 210 valence electrons. The highest BCUT2D eigenvalue weighted by Gasteiger charge is 2.49. The quantitative estimate of drug-likeness (QED) is 0.159. The smallest absolute Gasteiger partial charge is 0.261 e. The number of hydrogen-bond acceptors (Lipinski definition) is 3. The summed E-state index contributed by atoms with van der Waals surface area (Å²) in [4.78, 5) is 0. The van der Waals surface area contributed by atoms with Gasteiger partial charge in [0.1, 0.15) is 0 Å². The monoisotopic (exact) mass is 552 g/mol. The van der Waals surface area contributed by atoms with Crippen LogP contribution in [0.2, 0.25) is 23.2 Å².